The summed E-state index contributed by atoms with van der Waals surface area (Å²) in [6.07, 6.45) is 20.0. The van der Waals surface area contributed by atoms with Gasteiger partial charge in [-0.3, -0.25) is 0 Å². The highest BCUT2D eigenvalue weighted by molar-refractivity contribution is 6.10. The monoisotopic (exact) mass is 745 g/mol. The second-order valence-corrected chi connectivity index (χ2v) is 15.8. The lowest BCUT2D eigenvalue weighted by molar-refractivity contribution is 0.666. The lowest BCUT2D eigenvalue weighted by Crippen LogP contribution is -2.18. The SMILES string of the molecule is C1=Cc2ccc(-c3ccc4c(c3)oc3c5c(c(C6=CC=C(N(c7ccc(-c8ccccc8)cc7)c7ccc(-c8ccccc8)cc7)CC6)cc34)CCC=C5)cc2CC1. The van der Waals surface area contributed by atoms with Gasteiger partial charge in [0.15, 0.2) is 0 Å². The fraction of sp³-hybridized carbons (Fsp3) is 0.107. The van der Waals surface area contributed by atoms with E-state index in [1.54, 1.807) is 0 Å². The Morgan fingerprint density at radius 3 is 1.78 bits per heavy atom. The number of hydrogen-bond donors (Lipinski definition) is 0. The number of aryl methyl sites for hydroxylation is 1. The summed E-state index contributed by atoms with van der Waals surface area (Å²) in [6.45, 7) is 0. The maximum atomic E-state index is 6.79. The number of nitrogens with zero attached hydrogens (tertiary/aromatic N) is 1. The highest BCUT2D eigenvalue weighted by atomic mass is 16.3. The lowest BCUT2D eigenvalue weighted by Gasteiger charge is -2.30. The molecule has 2 heteroatoms. The van der Waals surface area contributed by atoms with Gasteiger partial charge in [-0.25, -0.2) is 0 Å². The summed E-state index contributed by atoms with van der Waals surface area (Å²) in [5.74, 6) is 0. The molecule has 0 saturated carbocycles. The van der Waals surface area contributed by atoms with Gasteiger partial charge >= 0.3 is 0 Å². The van der Waals surface area contributed by atoms with Crippen molar-refractivity contribution in [3.63, 3.8) is 0 Å². The van der Waals surface area contributed by atoms with Crippen molar-refractivity contribution in [2.75, 3.05) is 4.90 Å². The third kappa shape index (κ3) is 6.22. The van der Waals surface area contributed by atoms with Crippen molar-refractivity contribution < 1.29 is 4.42 Å². The number of benzene rings is 7. The molecule has 3 aliphatic carbocycles. The molecule has 0 saturated heterocycles. The molecule has 11 rings (SSSR count). The van der Waals surface area contributed by atoms with Crippen LogP contribution in [0.5, 0.6) is 0 Å². The van der Waals surface area contributed by atoms with Crippen LogP contribution in [0, 0.1) is 0 Å². The molecule has 0 amide bonds. The summed E-state index contributed by atoms with van der Waals surface area (Å²) in [5, 5.41) is 2.38. The van der Waals surface area contributed by atoms with E-state index in [9.17, 15) is 0 Å². The molecule has 0 spiro atoms. The minimum atomic E-state index is 0.932. The molecular formula is C56H43NO. The van der Waals surface area contributed by atoms with Crippen molar-refractivity contribution in [3.05, 3.63) is 209 Å². The zero-order valence-electron chi connectivity index (χ0n) is 32.5. The van der Waals surface area contributed by atoms with Crippen molar-refractivity contribution in [2.45, 2.75) is 38.5 Å². The zero-order valence-corrected chi connectivity index (χ0v) is 32.5. The molecule has 0 radical (unpaired) electrons. The van der Waals surface area contributed by atoms with Gasteiger partial charge in [-0.05, 0) is 148 Å². The van der Waals surface area contributed by atoms with E-state index in [1.165, 1.54) is 83.2 Å². The van der Waals surface area contributed by atoms with Crippen molar-refractivity contribution in [3.8, 4) is 33.4 Å². The van der Waals surface area contributed by atoms with Gasteiger partial charge in [-0.15, -0.1) is 0 Å². The fourth-order valence-electron chi connectivity index (χ4n) is 9.31. The van der Waals surface area contributed by atoms with Gasteiger partial charge in [0.2, 0.25) is 0 Å². The Hall–Kier alpha value is -6.90. The number of hydrogen-bond acceptors (Lipinski definition) is 2. The van der Waals surface area contributed by atoms with Gasteiger partial charge in [0.1, 0.15) is 11.2 Å². The maximum Gasteiger partial charge on any atom is 0.142 e. The Labute approximate surface area is 340 Å². The number of rotatable bonds is 7. The Balaban J connectivity index is 0.974. The number of allylic oxidation sites excluding steroid dienone is 6. The molecule has 0 bridgehead atoms. The van der Waals surface area contributed by atoms with E-state index < -0.39 is 0 Å². The summed E-state index contributed by atoms with van der Waals surface area (Å²) < 4.78 is 6.79. The predicted molar refractivity (Wildman–Crippen MR) is 245 cm³/mol. The van der Waals surface area contributed by atoms with Crippen molar-refractivity contribution in [1.29, 1.82) is 0 Å². The van der Waals surface area contributed by atoms with Crippen molar-refractivity contribution in [2.24, 2.45) is 0 Å². The van der Waals surface area contributed by atoms with Crippen LogP contribution in [-0.2, 0) is 12.8 Å². The van der Waals surface area contributed by atoms with Crippen LogP contribution in [0.1, 0.15) is 53.5 Å². The molecule has 0 atom stereocenters. The van der Waals surface area contributed by atoms with Crippen molar-refractivity contribution in [1.82, 2.24) is 0 Å². The third-order valence-electron chi connectivity index (χ3n) is 12.3. The molecule has 58 heavy (non-hydrogen) atoms. The van der Waals surface area contributed by atoms with E-state index in [1.807, 2.05) is 0 Å². The molecule has 8 aromatic rings. The van der Waals surface area contributed by atoms with Crippen molar-refractivity contribution >= 4 is 51.0 Å². The van der Waals surface area contributed by atoms with Crippen LogP contribution in [0.2, 0.25) is 0 Å². The topological polar surface area (TPSA) is 16.4 Å². The molecule has 3 aliphatic rings. The van der Waals surface area contributed by atoms with Gasteiger partial charge in [0, 0.05) is 33.4 Å². The molecule has 2 nitrogen and oxygen atoms in total. The molecular weight excluding hydrogens is 703 g/mol. The summed E-state index contributed by atoms with van der Waals surface area (Å²) in [6, 6.07) is 55.4. The highest BCUT2D eigenvalue weighted by Gasteiger charge is 2.24. The third-order valence-corrected chi connectivity index (χ3v) is 12.3. The van der Waals surface area contributed by atoms with Crippen LogP contribution < -0.4 is 4.90 Å². The first-order valence-electron chi connectivity index (χ1n) is 20.7. The summed E-state index contributed by atoms with van der Waals surface area (Å²) >= 11 is 0. The molecule has 7 aromatic carbocycles. The minimum absolute atomic E-state index is 0.932. The molecule has 0 unspecified atom stereocenters. The van der Waals surface area contributed by atoms with E-state index in [-0.39, 0.29) is 0 Å². The number of fused-ring (bicyclic) bond motifs is 6. The largest absolute Gasteiger partial charge is 0.455 e. The first-order chi connectivity index (χ1) is 28.7. The molecule has 0 aliphatic heterocycles. The van der Waals surface area contributed by atoms with Gasteiger partial charge in [0.05, 0.1) is 0 Å². The predicted octanol–water partition coefficient (Wildman–Crippen LogP) is 15.4. The second-order valence-electron chi connectivity index (χ2n) is 15.8. The summed E-state index contributed by atoms with van der Waals surface area (Å²) in [4.78, 5) is 2.44. The molecule has 1 heterocycles. The molecule has 0 fully saturated rings. The zero-order chi connectivity index (χ0) is 38.4. The number of furan rings is 1. The first-order valence-corrected chi connectivity index (χ1v) is 20.7. The van der Waals surface area contributed by atoms with Gasteiger partial charge in [-0.2, -0.15) is 0 Å². The van der Waals surface area contributed by atoms with Crippen LogP contribution in [0.15, 0.2) is 186 Å². The quantitative estimate of drug-likeness (QED) is 0.162. The Bertz CT molecular complexity index is 2880. The van der Waals surface area contributed by atoms with Gasteiger partial charge < -0.3 is 9.32 Å². The lowest BCUT2D eigenvalue weighted by atomic mass is 9.84. The van der Waals surface area contributed by atoms with Gasteiger partial charge in [0.25, 0.3) is 0 Å². The summed E-state index contributed by atoms with van der Waals surface area (Å²) in [7, 11) is 0. The van der Waals surface area contributed by atoms with Crippen LogP contribution in [0.3, 0.4) is 0 Å². The first kappa shape index (κ1) is 34.4. The van der Waals surface area contributed by atoms with Crippen LogP contribution >= 0.6 is 0 Å². The van der Waals surface area contributed by atoms with Crippen LogP contribution in [-0.4, -0.2) is 0 Å². The fourth-order valence-corrected chi connectivity index (χ4v) is 9.31. The standard InChI is InChI=1S/C56H43NO/c1-3-11-38(12-4-1)41-21-28-47(29-22-41)57(48-30-23-42(24-31-48)39-13-5-2-6-14-39)49-32-25-43(26-33-49)53-37-54-51-34-27-46(45-20-19-40-15-7-8-16-44(40)35-45)36-55(51)58-56(54)52-18-10-9-17-50(52)53/h1-7,10-15,18-25,27-32,34-37H,8-9,16-17,26,33H2. The van der Waals surface area contributed by atoms with E-state index in [0.29, 0.717) is 0 Å². The van der Waals surface area contributed by atoms with Crippen LogP contribution in [0.25, 0.3) is 73.0 Å². The Morgan fingerprint density at radius 1 is 0.466 bits per heavy atom. The van der Waals surface area contributed by atoms with Crippen LogP contribution in [0.4, 0.5) is 11.4 Å². The van der Waals surface area contributed by atoms with E-state index in [2.05, 4.69) is 193 Å². The van der Waals surface area contributed by atoms with E-state index in [4.69, 9.17) is 4.42 Å². The average Bonchev–Trinajstić information content (AvgIpc) is 3.68. The maximum absolute atomic E-state index is 6.79. The minimum Gasteiger partial charge on any atom is -0.455 e. The summed E-state index contributed by atoms with van der Waals surface area (Å²) in [5.41, 5.74) is 21.1. The van der Waals surface area contributed by atoms with Gasteiger partial charge in [-0.1, -0.05) is 140 Å². The molecule has 278 valence electrons. The molecule has 1 aromatic heterocycles. The normalized spacial score (nSPS) is 14.6. The number of anilines is 2. The van der Waals surface area contributed by atoms with E-state index in [0.717, 1.165) is 61.1 Å². The highest BCUT2D eigenvalue weighted by Crippen LogP contribution is 2.44. The second kappa shape index (κ2) is 14.6. The smallest absolute Gasteiger partial charge is 0.142 e. The average molecular weight is 746 g/mol. The molecule has 0 N–H and O–H groups in total. The Morgan fingerprint density at radius 2 is 1.09 bits per heavy atom. The Kier molecular flexibility index (Phi) is 8.62. The van der Waals surface area contributed by atoms with E-state index >= 15 is 0 Å².